The lowest BCUT2D eigenvalue weighted by Crippen LogP contribution is -2.03. The molecule has 0 aliphatic carbocycles. The molecule has 0 amide bonds. The van der Waals surface area contributed by atoms with E-state index in [2.05, 4.69) is 4.98 Å². The number of nitrogens with zero attached hydrogens (tertiary/aromatic N) is 1. The van der Waals surface area contributed by atoms with E-state index in [1.807, 2.05) is 18.2 Å². The van der Waals surface area contributed by atoms with E-state index in [1.165, 1.54) is 0 Å². The van der Waals surface area contributed by atoms with Gasteiger partial charge in [-0.15, -0.1) is 0 Å². The van der Waals surface area contributed by atoms with E-state index < -0.39 is 0 Å². The van der Waals surface area contributed by atoms with Gasteiger partial charge < -0.3 is 4.42 Å². The third-order valence-corrected chi connectivity index (χ3v) is 2.40. The van der Waals surface area contributed by atoms with Gasteiger partial charge in [-0.1, -0.05) is 6.07 Å². The topological polar surface area (TPSA) is 43.1 Å². The van der Waals surface area contributed by atoms with Gasteiger partial charge in [0.2, 0.25) is 0 Å². The first-order valence-electron chi connectivity index (χ1n) is 5.26. The number of aryl methyl sites for hydroxylation is 1. The molecule has 16 heavy (non-hydrogen) atoms. The zero-order valence-electron chi connectivity index (χ0n) is 8.93. The molecule has 2 aromatic heterocycles. The van der Waals surface area contributed by atoms with Gasteiger partial charge in [-0.25, -0.2) is 0 Å². The first-order valence-corrected chi connectivity index (χ1v) is 5.26. The summed E-state index contributed by atoms with van der Waals surface area (Å²) in [4.78, 5) is 15.6. The molecule has 0 N–H and O–H groups in total. The van der Waals surface area contributed by atoms with Crippen LogP contribution < -0.4 is 0 Å². The molecule has 2 rings (SSSR count). The molecular formula is C13H13NO2. The quantitative estimate of drug-likeness (QED) is 0.769. The fourth-order valence-corrected chi connectivity index (χ4v) is 1.54. The summed E-state index contributed by atoms with van der Waals surface area (Å²) >= 11 is 0. The van der Waals surface area contributed by atoms with Gasteiger partial charge in [0.1, 0.15) is 5.78 Å². The van der Waals surface area contributed by atoms with Crippen LogP contribution in [-0.4, -0.2) is 10.8 Å². The monoisotopic (exact) mass is 215 g/mol. The van der Waals surface area contributed by atoms with Gasteiger partial charge in [0.05, 0.1) is 12.5 Å². The lowest BCUT2D eigenvalue weighted by atomic mass is 10.1. The van der Waals surface area contributed by atoms with E-state index >= 15 is 0 Å². The average Bonchev–Trinajstić information content (AvgIpc) is 2.81. The van der Waals surface area contributed by atoms with Gasteiger partial charge in [-0.05, 0) is 29.7 Å². The van der Waals surface area contributed by atoms with E-state index in [-0.39, 0.29) is 5.78 Å². The minimum Gasteiger partial charge on any atom is -0.472 e. The van der Waals surface area contributed by atoms with Crippen molar-refractivity contribution in [2.24, 2.45) is 0 Å². The number of rotatable bonds is 5. The summed E-state index contributed by atoms with van der Waals surface area (Å²) in [5.41, 5.74) is 2.04. The number of carbonyl (C=O) groups is 1. The van der Waals surface area contributed by atoms with Gasteiger partial charge in [0.15, 0.2) is 0 Å². The molecule has 2 aromatic rings. The Labute approximate surface area is 94.1 Å². The SMILES string of the molecule is O=C(CCc1cccnc1)Cc1ccoc1. The third kappa shape index (κ3) is 3.05. The summed E-state index contributed by atoms with van der Waals surface area (Å²) in [6.45, 7) is 0. The third-order valence-electron chi connectivity index (χ3n) is 2.40. The van der Waals surface area contributed by atoms with E-state index in [0.29, 0.717) is 12.8 Å². The predicted octanol–water partition coefficient (Wildman–Crippen LogP) is 2.42. The van der Waals surface area contributed by atoms with Crippen LogP contribution in [0, 0.1) is 0 Å². The zero-order chi connectivity index (χ0) is 11.2. The molecule has 3 heteroatoms. The average molecular weight is 215 g/mol. The predicted molar refractivity (Wildman–Crippen MR) is 60.0 cm³/mol. The number of ketones is 1. The Morgan fingerprint density at radius 1 is 1.31 bits per heavy atom. The summed E-state index contributed by atoms with van der Waals surface area (Å²) < 4.78 is 4.92. The molecule has 0 unspecified atom stereocenters. The van der Waals surface area contributed by atoms with Crippen molar-refractivity contribution in [2.45, 2.75) is 19.3 Å². The van der Waals surface area contributed by atoms with Gasteiger partial charge in [-0.3, -0.25) is 9.78 Å². The Morgan fingerprint density at radius 3 is 2.94 bits per heavy atom. The summed E-state index contributed by atoms with van der Waals surface area (Å²) in [6.07, 6.45) is 8.49. The highest BCUT2D eigenvalue weighted by Gasteiger charge is 2.05. The first-order chi connectivity index (χ1) is 7.84. The molecule has 82 valence electrons. The van der Waals surface area contributed by atoms with Crippen LogP contribution in [0.5, 0.6) is 0 Å². The van der Waals surface area contributed by atoms with Crippen LogP contribution in [0.1, 0.15) is 17.5 Å². The molecule has 0 radical (unpaired) electrons. The molecule has 0 aliphatic heterocycles. The Hall–Kier alpha value is -1.90. The summed E-state index contributed by atoms with van der Waals surface area (Å²) in [6, 6.07) is 5.69. The van der Waals surface area contributed by atoms with Gasteiger partial charge in [-0.2, -0.15) is 0 Å². The summed E-state index contributed by atoms with van der Waals surface area (Å²) in [7, 11) is 0. The van der Waals surface area contributed by atoms with Crippen molar-refractivity contribution in [3.8, 4) is 0 Å². The summed E-state index contributed by atoms with van der Waals surface area (Å²) in [5, 5.41) is 0. The Bertz CT molecular complexity index is 434. The number of carbonyl (C=O) groups excluding carboxylic acids is 1. The number of Topliss-reactive ketones (excluding diaryl/α,β-unsaturated/α-hetero) is 1. The van der Waals surface area contributed by atoms with Gasteiger partial charge in [0, 0.05) is 25.2 Å². The Kier molecular flexibility index (Phi) is 3.49. The summed E-state index contributed by atoms with van der Waals surface area (Å²) in [5.74, 6) is 0.227. The minimum atomic E-state index is 0.227. The second kappa shape index (κ2) is 5.26. The molecule has 0 saturated heterocycles. The lowest BCUT2D eigenvalue weighted by molar-refractivity contribution is -0.118. The van der Waals surface area contributed by atoms with E-state index in [0.717, 1.165) is 17.5 Å². The fraction of sp³-hybridized carbons (Fsp3) is 0.231. The Morgan fingerprint density at radius 2 is 2.25 bits per heavy atom. The minimum absolute atomic E-state index is 0.227. The standard InChI is InChI=1S/C13H13NO2/c15-13(8-12-5-7-16-10-12)4-3-11-2-1-6-14-9-11/h1-2,5-7,9-10H,3-4,8H2. The highest BCUT2D eigenvalue weighted by atomic mass is 16.3. The lowest BCUT2D eigenvalue weighted by Gasteiger charge is -1.99. The van der Waals surface area contributed by atoms with Crippen molar-refractivity contribution in [1.29, 1.82) is 0 Å². The van der Waals surface area contributed by atoms with Crippen LogP contribution in [0.25, 0.3) is 0 Å². The molecule has 3 nitrogen and oxygen atoms in total. The van der Waals surface area contributed by atoms with Crippen LogP contribution in [0.4, 0.5) is 0 Å². The van der Waals surface area contributed by atoms with Crippen LogP contribution in [0.15, 0.2) is 47.5 Å². The molecule has 0 saturated carbocycles. The number of hydrogen-bond donors (Lipinski definition) is 0. The fourth-order valence-electron chi connectivity index (χ4n) is 1.54. The van der Waals surface area contributed by atoms with Gasteiger partial charge >= 0.3 is 0 Å². The first kappa shape index (κ1) is 10.6. The Balaban J connectivity index is 1.80. The maximum atomic E-state index is 11.6. The number of pyridine rings is 1. The van der Waals surface area contributed by atoms with Crippen molar-refractivity contribution in [1.82, 2.24) is 4.98 Å². The normalized spacial score (nSPS) is 10.2. The van der Waals surface area contributed by atoms with Crippen molar-refractivity contribution in [3.05, 3.63) is 54.2 Å². The van der Waals surface area contributed by atoms with Crippen LogP contribution in [0.2, 0.25) is 0 Å². The molecule has 0 aliphatic rings. The number of hydrogen-bond acceptors (Lipinski definition) is 3. The zero-order valence-corrected chi connectivity index (χ0v) is 8.93. The molecular weight excluding hydrogens is 202 g/mol. The van der Waals surface area contributed by atoms with Crippen molar-refractivity contribution < 1.29 is 9.21 Å². The van der Waals surface area contributed by atoms with Crippen LogP contribution in [-0.2, 0) is 17.6 Å². The molecule has 0 bridgehead atoms. The largest absolute Gasteiger partial charge is 0.472 e. The second-order valence-electron chi connectivity index (χ2n) is 3.71. The maximum absolute atomic E-state index is 11.6. The van der Waals surface area contributed by atoms with E-state index in [4.69, 9.17) is 4.42 Å². The second-order valence-corrected chi connectivity index (χ2v) is 3.71. The maximum Gasteiger partial charge on any atom is 0.137 e. The molecule has 2 heterocycles. The van der Waals surface area contributed by atoms with E-state index in [1.54, 1.807) is 24.9 Å². The van der Waals surface area contributed by atoms with Crippen molar-refractivity contribution in [3.63, 3.8) is 0 Å². The molecule has 0 fully saturated rings. The number of aromatic nitrogens is 1. The highest BCUT2D eigenvalue weighted by Crippen LogP contribution is 2.06. The highest BCUT2D eigenvalue weighted by molar-refractivity contribution is 5.80. The van der Waals surface area contributed by atoms with Gasteiger partial charge in [0.25, 0.3) is 0 Å². The number of furan rings is 1. The van der Waals surface area contributed by atoms with Crippen molar-refractivity contribution >= 4 is 5.78 Å². The smallest absolute Gasteiger partial charge is 0.137 e. The molecule has 0 aromatic carbocycles. The van der Waals surface area contributed by atoms with Crippen LogP contribution >= 0.6 is 0 Å². The van der Waals surface area contributed by atoms with Crippen LogP contribution in [0.3, 0.4) is 0 Å². The van der Waals surface area contributed by atoms with Crippen molar-refractivity contribution in [2.75, 3.05) is 0 Å². The molecule has 0 atom stereocenters. The van der Waals surface area contributed by atoms with E-state index in [9.17, 15) is 4.79 Å². The molecule has 0 spiro atoms.